The van der Waals surface area contributed by atoms with Gasteiger partial charge >= 0.3 is 0 Å². The molecule has 0 amide bonds. The topological polar surface area (TPSA) is 24.5 Å². The van der Waals surface area contributed by atoms with Gasteiger partial charge in [0, 0.05) is 31.1 Å². The van der Waals surface area contributed by atoms with E-state index in [1.165, 1.54) is 16.0 Å². The number of hydrogen-bond acceptors (Lipinski definition) is 4. The van der Waals surface area contributed by atoms with E-state index in [4.69, 9.17) is 4.74 Å². The molecule has 0 saturated carbocycles. The Morgan fingerprint density at radius 3 is 2.48 bits per heavy atom. The van der Waals surface area contributed by atoms with E-state index in [-0.39, 0.29) is 24.8 Å². The molecule has 0 radical (unpaired) electrons. The third-order valence-electron chi connectivity index (χ3n) is 4.06. The Kier molecular flexibility index (Phi) is 8.37. The van der Waals surface area contributed by atoms with Crippen LogP contribution in [0.15, 0.2) is 35.7 Å². The van der Waals surface area contributed by atoms with Crippen molar-refractivity contribution in [2.75, 3.05) is 33.3 Å². The SMILES string of the molecule is COc1ccc([C@@H](c2cccs2)N2CCNCC2)cc1C.Cl.Cl. The van der Waals surface area contributed by atoms with Crippen LogP contribution in [0.25, 0.3) is 0 Å². The number of nitrogens with one attached hydrogen (secondary N) is 1. The lowest BCUT2D eigenvalue weighted by atomic mass is 10.00. The van der Waals surface area contributed by atoms with Gasteiger partial charge in [0.2, 0.25) is 0 Å². The number of hydrogen-bond donors (Lipinski definition) is 1. The van der Waals surface area contributed by atoms with Crippen LogP contribution in [0.4, 0.5) is 0 Å². The van der Waals surface area contributed by atoms with Crippen molar-refractivity contribution in [3.05, 3.63) is 51.7 Å². The Bertz CT molecular complexity index is 586. The van der Waals surface area contributed by atoms with E-state index < -0.39 is 0 Å². The highest BCUT2D eigenvalue weighted by molar-refractivity contribution is 7.10. The molecule has 2 aromatic rings. The zero-order chi connectivity index (χ0) is 14.7. The maximum Gasteiger partial charge on any atom is 0.121 e. The first-order valence-corrected chi connectivity index (χ1v) is 8.30. The number of thiophene rings is 1. The highest BCUT2D eigenvalue weighted by Gasteiger charge is 2.25. The zero-order valence-corrected chi connectivity index (χ0v) is 15.9. The summed E-state index contributed by atoms with van der Waals surface area (Å²) in [6.07, 6.45) is 0. The third kappa shape index (κ3) is 4.61. The standard InChI is InChI=1S/C17H22N2OS.2ClH/c1-13-12-14(5-6-15(13)20-2)17(16-4-3-11-21-16)19-9-7-18-8-10-19;;/h3-6,11-12,17-18H,7-10H2,1-2H3;2*1H/t17-;;/m0../s1. The van der Waals surface area contributed by atoms with Crippen LogP contribution >= 0.6 is 36.2 Å². The van der Waals surface area contributed by atoms with Crippen LogP contribution in [0.1, 0.15) is 22.0 Å². The molecule has 1 aromatic carbocycles. The van der Waals surface area contributed by atoms with Gasteiger partial charge in [-0.2, -0.15) is 0 Å². The lowest BCUT2D eigenvalue weighted by Crippen LogP contribution is -2.45. The maximum absolute atomic E-state index is 5.39. The van der Waals surface area contributed by atoms with Gasteiger partial charge in [0.1, 0.15) is 5.75 Å². The minimum absolute atomic E-state index is 0. The van der Waals surface area contributed by atoms with Gasteiger partial charge in [-0.05, 0) is 35.6 Å². The molecule has 1 fully saturated rings. The molecular weight excluding hydrogens is 351 g/mol. The fourth-order valence-electron chi connectivity index (χ4n) is 3.01. The van der Waals surface area contributed by atoms with Crippen LogP contribution in [0.2, 0.25) is 0 Å². The monoisotopic (exact) mass is 374 g/mol. The Hall–Kier alpha value is -0.780. The lowest BCUT2D eigenvalue weighted by molar-refractivity contribution is 0.200. The molecule has 23 heavy (non-hydrogen) atoms. The number of piperazine rings is 1. The average Bonchev–Trinajstić information content (AvgIpc) is 3.03. The number of nitrogens with zero attached hydrogens (tertiary/aromatic N) is 1. The van der Waals surface area contributed by atoms with Gasteiger partial charge < -0.3 is 10.1 Å². The van der Waals surface area contributed by atoms with Crippen LogP contribution in [0.5, 0.6) is 5.75 Å². The Morgan fingerprint density at radius 2 is 1.91 bits per heavy atom. The van der Waals surface area contributed by atoms with Crippen molar-refractivity contribution in [2.45, 2.75) is 13.0 Å². The van der Waals surface area contributed by atoms with Gasteiger partial charge in [-0.1, -0.05) is 18.2 Å². The molecule has 0 unspecified atom stereocenters. The fourth-order valence-corrected chi connectivity index (χ4v) is 3.90. The number of ether oxygens (including phenoxy) is 1. The summed E-state index contributed by atoms with van der Waals surface area (Å²) >= 11 is 1.84. The molecular formula is C17H24Cl2N2OS. The molecule has 3 rings (SSSR count). The second-order valence-corrected chi connectivity index (χ2v) is 6.41. The minimum Gasteiger partial charge on any atom is -0.496 e. The van der Waals surface area contributed by atoms with Gasteiger partial charge in [-0.3, -0.25) is 4.90 Å². The maximum atomic E-state index is 5.39. The number of benzene rings is 1. The second-order valence-electron chi connectivity index (χ2n) is 5.43. The predicted molar refractivity (Wildman–Crippen MR) is 103 cm³/mol. The van der Waals surface area contributed by atoms with Crippen molar-refractivity contribution in [3.63, 3.8) is 0 Å². The number of aryl methyl sites for hydroxylation is 1. The van der Waals surface area contributed by atoms with Gasteiger partial charge in [-0.25, -0.2) is 0 Å². The zero-order valence-electron chi connectivity index (χ0n) is 13.5. The number of halogens is 2. The molecule has 0 spiro atoms. The van der Waals surface area contributed by atoms with Crippen LogP contribution in [-0.4, -0.2) is 38.2 Å². The van der Waals surface area contributed by atoms with E-state index in [2.05, 4.69) is 52.9 Å². The van der Waals surface area contributed by atoms with Crippen LogP contribution in [-0.2, 0) is 0 Å². The molecule has 2 heterocycles. The van der Waals surface area contributed by atoms with E-state index in [1.54, 1.807) is 7.11 Å². The van der Waals surface area contributed by atoms with Gasteiger partial charge in [0.05, 0.1) is 13.2 Å². The Balaban J connectivity index is 0.00000132. The molecule has 3 nitrogen and oxygen atoms in total. The number of rotatable bonds is 4. The number of methoxy groups -OCH3 is 1. The van der Waals surface area contributed by atoms with Crippen LogP contribution in [0.3, 0.4) is 0 Å². The Labute approximate surface area is 154 Å². The summed E-state index contributed by atoms with van der Waals surface area (Å²) in [5.41, 5.74) is 2.56. The van der Waals surface area contributed by atoms with E-state index in [0.717, 1.165) is 31.9 Å². The normalized spacial score (nSPS) is 16.1. The summed E-state index contributed by atoms with van der Waals surface area (Å²) in [6.45, 7) is 6.43. The molecule has 128 valence electrons. The highest BCUT2D eigenvalue weighted by atomic mass is 35.5. The first-order chi connectivity index (χ1) is 10.3. The molecule has 1 aliphatic heterocycles. The summed E-state index contributed by atoms with van der Waals surface area (Å²) in [5, 5.41) is 5.61. The summed E-state index contributed by atoms with van der Waals surface area (Å²) in [5.74, 6) is 0.962. The summed E-state index contributed by atoms with van der Waals surface area (Å²) in [4.78, 5) is 3.99. The molecule has 1 aliphatic rings. The first-order valence-electron chi connectivity index (χ1n) is 7.42. The smallest absolute Gasteiger partial charge is 0.121 e. The fraction of sp³-hybridized carbons (Fsp3) is 0.412. The van der Waals surface area contributed by atoms with E-state index >= 15 is 0 Å². The lowest BCUT2D eigenvalue weighted by Gasteiger charge is -2.35. The van der Waals surface area contributed by atoms with Gasteiger partial charge in [0.25, 0.3) is 0 Å². The second kappa shape index (κ2) is 9.50. The van der Waals surface area contributed by atoms with Crippen molar-refractivity contribution in [2.24, 2.45) is 0 Å². The minimum atomic E-state index is 0. The molecule has 0 bridgehead atoms. The Morgan fingerprint density at radius 1 is 1.17 bits per heavy atom. The molecule has 1 saturated heterocycles. The molecule has 6 heteroatoms. The van der Waals surface area contributed by atoms with Crippen LogP contribution in [0, 0.1) is 6.92 Å². The molecule has 0 aliphatic carbocycles. The third-order valence-corrected chi connectivity index (χ3v) is 4.99. The summed E-state index contributed by atoms with van der Waals surface area (Å²) in [7, 11) is 1.73. The predicted octanol–water partition coefficient (Wildman–Crippen LogP) is 3.90. The summed E-state index contributed by atoms with van der Waals surface area (Å²) < 4.78 is 5.39. The van der Waals surface area contributed by atoms with E-state index in [9.17, 15) is 0 Å². The van der Waals surface area contributed by atoms with Gasteiger partial charge in [-0.15, -0.1) is 36.2 Å². The largest absolute Gasteiger partial charge is 0.496 e. The van der Waals surface area contributed by atoms with Crippen molar-refractivity contribution in [3.8, 4) is 5.75 Å². The molecule has 1 N–H and O–H groups in total. The van der Waals surface area contributed by atoms with Crippen molar-refractivity contribution < 1.29 is 4.74 Å². The van der Waals surface area contributed by atoms with Crippen LogP contribution < -0.4 is 10.1 Å². The first kappa shape index (κ1) is 20.3. The molecule has 1 aromatic heterocycles. The highest BCUT2D eigenvalue weighted by Crippen LogP contribution is 2.34. The van der Waals surface area contributed by atoms with Crippen molar-refractivity contribution in [1.29, 1.82) is 0 Å². The van der Waals surface area contributed by atoms with E-state index in [1.807, 2.05) is 11.3 Å². The van der Waals surface area contributed by atoms with Gasteiger partial charge in [0.15, 0.2) is 0 Å². The van der Waals surface area contributed by atoms with Crippen molar-refractivity contribution in [1.82, 2.24) is 10.2 Å². The summed E-state index contributed by atoms with van der Waals surface area (Å²) in [6, 6.07) is 11.3. The van der Waals surface area contributed by atoms with Crippen molar-refractivity contribution >= 4 is 36.2 Å². The molecule has 1 atom stereocenters. The average molecular weight is 375 g/mol. The van der Waals surface area contributed by atoms with E-state index in [0.29, 0.717) is 6.04 Å². The quantitative estimate of drug-likeness (QED) is 0.877.